The molecule has 0 atom stereocenters. The van der Waals surface area contributed by atoms with Crippen molar-refractivity contribution in [1.82, 2.24) is 9.78 Å². The van der Waals surface area contributed by atoms with Crippen molar-refractivity contribution in [3.05, 3.63) is 62.6 Å². The fourth-order valence-corrected chi connectivity index (χ4v) is 3.69. The van der Waals surface area contributed by atoms with Crippen LogP contribution in [0.4, 0.5) is 19.0 Å². The summed E-state index contributed by atoms with van der Waals surface area (Å²) in [5.41, 5.74) is 1.15. The molecule has 3 nitrogen and oxygen atoms in total. The summed E-state index contributed by atoms with van der Waals surface area (Å²) in [6.45, 7) is 0.634. The van der Waals surface area contributed by atoms with E-state index in [1.165, 1.54) is 6.07 Å². The van der Waals surface area contributed by atoms with Gasteiger partial charge in [-0.15, -0.1) is 0 Å². The minimum absolute atomic E-state index is 0.194. The molecule has 1 aromatic heterocycles. The van der Waals surface area contributed by atoms with Gasteiger partial charge in [-0.3, -0.25) is 0 Å². The third-order valence-electron chi connectivity index (χ3n) is 4.36. The Morgan fingerprint density at radius 3 is 2.56 bits per heavy atom. The molecule has 3 aromatic rings. The number of rotatable bonds is 2. The topological polar surface area (TPSA) is 29.9 Å². The first-order valence-corrected chi connectivity index (χ1v) is 9.08. The van der Waals surface area contributed by atoms with E-state index >= 15 is 0 Å². The van der Waals surface area contributed by atoms with Gasteiger partial charge in [0, 0.05) is 17.7 Å². The molecule has 0 bridgehead atoms. The molecule has 9 heteroatoms. The van der Waals surface area contributed by atoms with Crippen molar-refractivity contribution < 1.29 is 13.2 Å². The van der Waals surface area contributed by atoms with Crippen LogP contribution in [0.1, 0.15) is 11.1 Å². The van der Waals surface area contributed by atoms with Gasteiger partial charge >= 0.3 is 6.18 Å². The Morgan fingerprint density at radius 1 is 1.04 bits per heavy atom. The first-order chi connectivity index (χ1) is 12.8. The molecular formula is C18H11Cl3F3N3. The highest BCUT2D eigenvalue weighted by atomic mass is 35.5. The normalized spacial score (nSPS) is 13.6. The van der Waals surface area contributed by atoms with Gasteiger partial charge < -0.3 is 5.32 Å². The van der Waals surface area contributed by atoms with E-state index in [0.29, 0.717) is 40.2 Å². The molecule has 2 heterocycles. The van der Waals surface area contributed by atoms with Crippen LogP contribution in [0.3, 0.4) is 0 Å². The smallest absolute Gasteiger partial charge is 0.369 e. The van der Waals surface area contributed by atoms with Gasteiger partial charge in [0.15, 0.2) is 0 Å². The highest BCUT2D eigenvalue weighted by molar-refractivity contribution is 6.43. The summed E-state index contributed by atoms with van der Waals surface area (Å²) in [6.07, 6.45) is -3.87. The van der Waals surface area contributed by atoms with Crippen molar-refractivity contribution in [3.8, 4) is 16.9 Å². The van der Waals surface area contributed by atoms with Crippen LogP contribution in [0.5, 0.6) is 0 Å². The SMILES string of the molecule is FC(F)(F)c1ccc(Cl)c(-c2nn(-c3cccc(Cl)c3Cl)c3c2CCN3)c1. The lowest BCUT2D eigenvalue weighted by Crippen LogP contribution is -2.06. The van der Waals surface area contributed by atoms with Crippen LogP contribution in [-0.4, -0.2) is 16.3 Å². The largest absolute Gasteiger partial charge is 0.416 e. The summed E-state index contributed by atoms with van der Waals surface area (Å²) in [7, 11) is 0. The monoisotopic (exact) mass is 431 g/mol. The predicted molar refractivity (Wildman–Crippen MR) is 101 cm³/mol. The quantitative estimate of drug-likeness (QED) is 0.502. The van der Waals surface area contributed by atoms with E-state index in [0.717, 1.165) is 17.7 Å². The molecule has 27 heavy (non-hydrogen) atoms. The van der Waals surface area contributed by atoms with E-state index in [1.807, 2.05) is 0 Å². The Morgan fingerprint density at radius 2 is 1.81 bits per heavy atom. The average Bonchev–Trinajstić information content (AvgIpc) is 3.20. The first-order valence-electron chi connectivity index (χ1n) is 7.94. The molecule has 140 valence electrons. The number of halogens is 6. The maximum atomic E-state index is 13.1. The molecule has 0 fully saturated rings. The summed E-state index contributed by atoms with van der Waals surface area (Å²) >= 11 is 18.6. The number of hydrogen-bond acceptors (Lipinski definition) is 2. The molecule has 4 rings (SSSR count). The molecule has 2 aromatic carbocycles. The average molecular weight is 433 g/mol. The van der Waals surface area contributed by atoms with Gasteiger partial charge in [0.25, 0.3) is 0 Å². The van der Waals surface area contributed by atoms with E-state index in [2.05, 4.69) is 10.4 Å². The minimum Gasteiger partial charge on any atom is -0.369 e. The van der Waals surface area contributed by atoms with Gasteiger partial charge in [0.2, 0.25) is 0 Å². The number of hydrogen-bond donors (Lipinski definition) is 1. The Hall–Kier alpha value is -1.89. The molecule has 0 spiro atoms. The molecule has 0 saturated heterocycles. The maximum Gasteiger partial charge on any atom is 0.416 e. The lowest BCUT2D eigenvalue weighted by atomic mass is 10.0. The van der Waals surface area contributed by atoms with Crippen LogP contribution < -0.4 is 5.32 Å². The third-order valence-corrected chi connectivity index (χ3v) is 5.50. The molecule has 0 radical (unpaired) electrons. The first kappa shape index (κ1) is 18.5. The van der Waals surface area contributed by atoms with Crippen molar-refractivity contribution in [2.45, 2.75) is 12.6 Å². The van der Waals surface area contributed by atoms with Crippen LogP contribution in [0, 0.1) is 0 Å². The van der Waals surface area contributed by atoms with Crippen LogP contribution in [0.2, 0.25) is 15.1 Å². The molecule has 0 saturated carbocycles. The van der Waals surface area contributed by atoms with E-state index in [1.54, 1.807) is 22.9 Å². The second kappa shape index (κ2) is 6.62. The lowest BCUT2D eigenvalue weighted by Gasteiger charge is -2.10. The van der Waals surface area contributed by atoms with Crippen LogP contribution in [0.25, 0.3) is 16.9 Å². The fraction of sp³-hybridized carbons (Fsp3) is 0.167. The fourth-order valence-electron chi connectivity index (χ4n) is 3.10. The van der Waals surface area contributed by atoms with Crippen LogP contribution in [0.15, 0.2) is 36.4 Å². The van der Waals surface area contributed by atoms with Crippen LogP contribution >= 0.6 is 34.8 Å². The number of aromatic nitrogens is 2. The third kappa shape index (κ3) is 3.16. The molecule has 1 aliphatic rings. The molecule has 0 aliphatic carbocycles. The van der Waals surface area contributed by atoms with E-state index in [9.17, 15) is 13.2 Å². The van der Waals surface area contributed by atoms with E-state index < -0.39 is 11.7 Å². The predicted octanol–water partition coefficient (Wildman–Crippen LogP) is 6.49. The van der Waals surface area contributed by atoms with Gasteiger partial charge in [-0.1, -0.05) is 40.9 Å². The van der Waals surface area contributed by atoms with E-state index in [-0.39, 0.29) is 10.6 Å². The molecule has 1 aliphatic heterocycles. The number of fused-ring (bicyclic) bond motifs is 1. The number of benzene rings is 2. The van der Waals surface area contributed by atoms with Crippen molar-refractivity contribution in [3.63, 3.8) is 0 Å². The maximum absolute atomic E-state index is 13.1. The Balaban J connectivity index is 1.93. The molecule has 0 unspecified atom stereocenters. The Labute approximate surface area is 167 Å². The zero-order chi connectivity index (χ0) is 19.3. The number of nitrogens with one attached hydrogen (secondary N) is 1. The highest BCUT2D eigenvalue weighted by Gasteiger charge is 2.32. The molecule has 1 N–H and O–H groups in total. The van der Waals surface area contributed by atoms with Crippen molar-refractivity contribution in [1.29, 1.82) is 0 Å². The second-order valence-corrected chi connectivity index (χ2v) is 7.22. The van der Waals surface area contributed by atoms with Crippen LogP contribution in [-0.2, 0) is 12.6 Å². The molecule has 0 amide bonds. The summed E-state index contributed by atoms with van der Waals surface area (Å²) in [5.74, 6) is 0.669. The van der Waals surface area contributed by atoms with E-state index in [4.69, 9.17) is 34.8 Å². The summed E-state index contributed by atoms with van der Waals surface area (Å²) < 4.78 is 41.0. The second-order valence-electron chi connectivity index (χ2n) is 6.03. The van der Waals surface area contributed by atoms with Crippen molar-refractivity contribution in [2.75, 3.05) is 11.9 Å². The van der Waals surface area contributed by atoms with Gasteiger partial charge in [0.1, 0.15) is 5.82 Å². The van der Waals surface area contributed by atoms with Gasteiger partial charge in [0.05, 0.1) is 32.0 Å². The highest BCUT2D eigenvalue weighted by Crippen LogP contribution is 2.41. The molecular weight excluding hydrogens is 422 g/mol. The zero-order valence-electron chi connectivity index (χ0n) is 13.5. The number of anilines is 1. The Bertz CT molecular complexity index is 1040. The zero-order valence-corrected chi connectivity index (χ0v) is 15.8. The van der Waals surface area contributed by atoms with Crippen molar-refractivity contribution >= 4 is 40.6 Å². The summed E-state index contributed by atoms with van der Waals surface area (Å²) in [5, 5.41) is 8.58. The summed E-state index contributed by atoms with van der Waals surface area (Å²) in [4.78, 5) is 0. The standard InChI is InChI=1S/C18H11Cl3F3N3/c19-12-5-4-9(18(22,23)24)8-11(12)16-10-6-7-25-17(10)27(26-16)14-3-1-2-13(20)15(14)21/h1-5,8,25H,6-7H2. The number of nitrogens with zero attached hydrogens (tertiary/aromatic N) is 2. The summed E-state index contributed by atoms with van der Waals surface area (Å²) in [6, 6.07) is 8.32. The van der Waals surface area contributed by atoms with Gasteiger partial charge in [-0.25, -0.2) is 4.68 Å². The minimum atomic E-state index is -4.47. The van der Waals surface area contributed by atoms with Gasteiger partial charge in [-0.2, -0.15) is 18.3 Å². The number of alkyl halides is 3. The van der Waals surface area contributed by atoms with Crippen molar-refractivity contribution in [2.24, 2.45) is 0 Å². The lowest BCUT2D eigenvalue weighted by molar-refractivity contribution is -0.137. The Kier molecular flexibility index (Phi) is 4.53. The van der Waals surface area contributed by atoms with Gasteiger partial charge in [-0.05, 0) is 36.8 Å².